The van der Waals surface area contributed by atoms with Crippen molar-refractivity contribution in [1.29, 1.82) is 0 Å². The quantitative estimate of drug-likeness (QED) is 0.895. The molecule has 3 heteroatoms. The van der Waals surface area contributed by atoms with Crippen molar-refractivity contribution in [1.82, 2.24) is 9.97 Å². The maximum atomic E-state index is 5.92. The van der Waals surface area contributed by atoms with Gasteiger partial charge in [0, 0.05) is 24.0 Å². The van der Waals surface area contributed by atoms with Crippen LogP contribution in [0.1, 0.15) is 24.5 Å². The van der Waals surface area contributed by atoms with Gasteiger partial charge in [0.15, 0.2) is 5.82 Å². The fourth-order valence-electron chi connectivity index (χ4n) is 1.84. The van der Waals surface area contributed by atoms with Crippen molar-refractivity contribution >= 4 is 0 Å². The van der Waals surface area contributed by atoms with E-state index in [9.17, 15) is 0 Å². The van der Waals surface area contributed by atoms with Crippen LogP contribution in [0, 0.1) is 6.92 Å². The van der Waals surface area contributed by atoms with E-state index in [4.69, 9.17) is 5.73 Å². The lowest BCUT2D eigenvalue weighted by molar-refractivity contribution is 0.643. The highest BCUT2D eigenvalue weighted by molar-refractivity contribution is 5.55. The molecule has 1 aromatic heterocycles. The van der Waals surface area contributed by atoms with E-state index in [1.54, 1.807) is 0 Å². The standard InChI is InChI=1S/C15H19N3/c1-3-14(16)8-12-9-17-15(18-10-12)13-6-4-5-11(2)7-13/h4-7,9-10,14H,3,8,16H2,1-2H3. The summed E-state index contributed by atoms with van der Waals surface area (Å²) in [5.41, 5.74) is 9.29. The van der Waals surface area contributed by atoms with Gasteiger partial charge in [0.2, 0.25) is 0 Å². The lowest BCUT2D eigenvalue weighted by Crippen LogP contribution is -2.21. The third kappa shape index (κ3) is 3.14. The molecular formula is C15H19N3. The fourth-order valence-corrected chi connectivity index (χ4v) is 1.84. The van der Waals surface area contributed by atoms with Crippen LogP contribution in [-0.2, 0) is 6.42 Å². The highest BCUT2D eigenvalue weighted by Gasteiger charge is 2.04. The van der Waals surface area contributed by atoms with Crippen molar-refractivity contribution < 1.29 is 0 Å². The average Bonchev–Trinajstić information content (AvgIpc) is 2.39. The summed E-state index contributed by atoms with van der Waals surface area (Å²) in [7, 11) is 0. The number of benzene rings is 1. The maximum Gasteiger partial charge on any atom is 0.159 e. The molecule has 1 atom stereocenters. The van der Waals surface area contributed by atoms with E-state index in [1.165, 1.54) is 5.56 Å². The van der Waals surface area contributed by atoms with Gasteiger partial charge in [-0.05, 0) is 31.4 Å². The number of aryl methyl sites for hydroxylation is 1. The zero-order valence-corrected chi connectivity index (χ0v) is 10.9. The van der Waals surface area contributed by atoms with Crippen molar-refractivity contribution in [3.63, 3.8) is 0 Å². The summed E-state index contributed by atoms with van der Waals surface area (Å²) >= 11 is 0. The van der Waals surface area contributed by atoms with Gasteiger partial charge < -0.3 is 5.73 Å². The Balaban J connectivity index is 2.17. The monoisotopic (exact) mass is 241 g/mol. The average molecular weight is 241 g/mol. The van der Waals surface area contributed by atoms with Gasteiger partial charge in [-0.1, -0.05) is 30.7 Å². The van der Waals surface area contributed by atoms with Crippen molar-refractivity contribution in [2.45, 2.75) is 32.7 Å². The predicted octanol–water partition coefficient (Wildman–Crippen LogP) is 2.73. The number of rotatable bonds is 4. The Morgan fingerprint density at radius 1 is 1.22 bits per heavy atom. The molecule has 2 N–H and O–H groups in total. The number of hydrogen-bond donors (Lipinski definition) is 1. The number of hydrogen-bond acceptors (Lipinski definition) is 3. The second-order valence-electron chi connectivity index (χ2n) is 4.66. The summed E-state index contributed by atoms with van der Waals surface area (Å²) in [5.74, 6) is 0.771. The first-order valence-corrected chi connectivity index (χ1v) is 6.32. The first-order valence-electron chi connectivity index (χ1n) is 6.32. The zero-order valence-electron chi connectivity index (χ0n) is 10.9. The highest BCUT2D eigenvalue weighted by Crippen LogP contribution is 2.16. The van der Waals surface area contributed by atoms with Crippen LogP contribution in [0.2, 0.25) is 0 Å². The van der Waals surface area contributed by atoms with Gasteiger partial charge in [-0.25, -0.2) is 9.97 Å². The van der Waals surface area contributed by atoms with Crippen LogP contribution in [0.25, 0.3) is 11.4 Å². The summed E-state index contributed by atoms with van der Waals surface area (Å²) in [6, 6.07) is 8.40. The molecule has 0 fully saturated rings. The van der Waals surface area contributed by atoms with E-state index in [0.29, 0.717) is 0 Å². The van der Waals surface area contributed by atoms with Gasteiger partial charge >= 0.3 is 0 Å². The molecule has 3 nitrogen and oxygen atoms in total. The highest BCUT2D eigenvalue weighted by atomic mass is 14.9. The van der Waals surface area contributed by atoms with E-state index in [0.717, 1.165) is 29.8 Å². The second-order valence-corrected chi connectivity index (χ2v) is 4.66. The van der Waals surface area contributed by atoms with Crippen LogP contribution in [-0.4, -0.2) is 16.0 Å². The van der Waals surface area contributed by atoms with E-state index >= 15 is 0 Å². The topological polar surface area (TPSA) is 51.8 Å². The Morgan fingerprint density at radius 2 is 1.94 bits per heavy atom. The summed E-state index contributed by atoms with van der Waals surface area (Å²) in [6.45, 7) is 4.16. The summed E-state index contributed by atoms with van der Waals surface area (Å²) in [4.78, 5) is 8.82. The molecule has 0 spiro atoms. The molecule has 1 heterocycles. The molecule has 2 rings (SSSR count). The summed E-state index contributed by atoms with van der Waals surface area (Å²) < 4.78 is 0. The van der Waals surface area contributed by atoms with Gasteiger partial charge in [0.05, 0.1) is 0 Å². The number of aromatic nitrogens is 2. The second kappa shape index (κ2) is 5.74. The summed E-state index contributed by atoms with van der Waals surface area (Å²) in [6.07, 6.45) is 5.56. The van der Waals surface area contributed by atoms with Gasteiger partial charge in [-0.3, -0.25) is 0 Å². The molecular weight excluding hydrogens is 222 g/mol. The molecule has 0 aliphatic rings. The van der Waals surface area contributed by atoms with Crippen LogP contribution in [0.5, 0.6) is 0 Å². The van der Waals surface area contributed by atoms with Crippen LogP contribution in [0.3, 0.4) is 0 Å². The van der Waals surface area contributed by atoms with Crippen molar-refractivity contribution in [2.75, 3.05) is 0 Å². The van der Waals surface area contributed by atoms with Crippen LogP contribution >= 0.6 is 0 Å². The molecule has 1 aromatic carbocycles. The fraction of sp³-hybridized carbons (Fsp3) is 0.333. The first kappa shape index (κ1) is 12.7. The van der Waals surface area contributed by atoms with Crippen LogP contribution < -0.4 is 5.73 Å². The molecule has 94 valence electrons. The molecule has 18 heavy (non-hydrogen) atoms. The number of nitrogens with two attached hydrogens (primary N) is 1. The lowest BCUT2D eigenvalue weighted by Gasteiger charge is -2.08. The molecule has 0 amide bonds. The Labute approximate surface area is 108 Å². The van der Waals surface area contributed by atoms with Crippen LogP contribution in [0.4, 0.5) is 0 Å². The van der Waals surface area contributed by atoms with E-state index in [1.807, 2.05) is 24.5 Å². The Kier molecular flexibility index (Phi) is 4.05. The summed E-state index contributed by atoms with van der Waals surface area (Å²) in [5, 5.41) is 0. The van der Waals surface area contributed by atoms with E-state index in [-0.39, 0.29) is 6.04 Å². The molecule has 0 saturated carbocycles. The minimum Gasteiger partial charge on any atom is -0.327 e. The molecule has 0 bridgehead atoms. The maximum absolute atomic E-state index is 5.92. The molecule has 0 saturated heterocycles. The Bertz CT molecular complexity index is 505. The zero-order chi connectivity index (χ0) is 13.0. The van der Waals surface area contributed by atoms with Crippen molar-refractivity contribution in [3.8, 4) is 11.4 Å². The van der Waals surface area contributed by atoms with Gasteiger partial charge in [-0.2, -0.15) is 0 Å². The molecule has 0 aliphatic heterocycles. The smallest absolute Gasteiger partial charge is 0.159 e. The SMILES string of the molecule is CCC(N)Cc1cnc(-c2cccc(C)c2)nc1. The minimum absolute atomic E-state index is 0.193. The predicted molar refractivity (Wildman–Crippen MR) is 74.2 cm³/mol. The first-order chi connectivity index (χ1) is 8.69. The van der Waals surface area contributed by atoms with Gasteiger partial charge in [-0.15, -0.1) is 0 Å². The molecule has 2 aromatic rings. The Morgan fingerprint density at radius 3 is 2.56 bits per heavy atom. The van der Waals surface area contributed by atoms with Gasteiger partial charge in [0.1, 0.15) is 0 Å². The van der Waals surface area contributed by atoms with E-state index < -0.39 is 0 Å². The molecule has 1 unspecified atom stereocenters. The van der Waals surface area contributed by atoms with Crippen LogP contribution in [0.15, 0.2) is 36.7 Å². The van der Waals surface area contributed by atoms with Crippen molar-refractivity contribution in [3.05, 3.63) is 47.8 Å². The normalized spacial score (nSPS) is 12.4. The lowest BCUT2D eigenvalue weighted by atomic mass is 10.1. The number of nitrogens with zero attached hydrogens (tertiary/aromatic N) is 2. The van der Waals surface area contributed by atoms with E-state index in [2.05, 4.69) is 35.9 Å². The minimum atomic E-state index is 0.193. The largest absolute Gasteiger partial charge is 0.327 e. The van der Waals surface area contributed by atoms with Gasteiger partial charge in [0.25, 0.3) is 0 Å². The van der Waals surface area contributed by atoms with Crippen molar-refractivity contribution in [2.24, 2.45) is 5.73 Å². The molecule has 0 radical (unpaired) electrons. The third-order valence-electron chi connectivity index (χ3n) is 3.00. The molecule has 0 aliphatic carbocycles. The third-order valence-corrected chi connectivity index (χ3v) is 3.00. The Hall–Kier alpha value is -1.74.